The Morgan fingerprint density at radius 1 is 1.56 bits per heavy atom. The minimum atomic E-state index is -0.801. The van der Waals surface area contributed by atoms with Gasteiger partial charge in [-0.05, 0) is 26.0 Å². The molecule has 86 valence electrons. The lowest BCUT2D eigenvalue weighted by molar-refractivity contribution is -0.136. The van der Waals surface area contributed by atoms with Crippen molar-refractivity contribution in [1.29, 1.82) is 0 Å². The van der Waals surface area contributed by atoms with Gasteiger partial charge in [-0.1, -0.05) is 5.92 Å². The Balaban J connectivity index is 2.53. The lowest BCUT2D eigenvalue weighted by Crippen LogP contribution is -2.36. The van der Waals surface area contributed by atoms with E-state index in [2.05, 4.69) is 11.2 Å². The van der Waals surface area contributed by atoms with Gasteiger partial charge in [0, 0.05) is 16.3 Å². The summed E-state index contributed by atoms with van der Waals surface area (Å²) in [5.74, 6) is 1.85. The minimum Gasteiger partial charge on any atom is -0.481 e. The number of carbonyl (C=O) groups is 1. The maximum atomic E-state index is 10.5. The first kappa shape index (κ1) is 12.8. The second kappa shape index (κ2) is 5.15. The van der Waals surface area contributed by atoms with Crippen molar-refractivity contribution in [1.82, 2.24) is 5.32 Å². The second-order valence-electron chi connectivity index (χ2n) is 4.06. The van der Waals surface area contributed by atoms with Crippen LogP contribution in [0.4, 0.5) is 0 Å². The molecular formula is C12H15NO2S. The van der Waals surface area contributed by atoms with Crippen molar-refractivity contribution >= 4 is 17.3 Å². The molecule has 0 amide bonds. The normalized spacial score (nSPS) is 11.1. The average Bonchev–Trinajstić information content (AvgIpc) is 2.62. The van der Waals surface area contributed by atoms with E-state index in [1.54, 1.807) is 0 Å². The summed E-state index contributed by atoms with van der Waals surface area (Å²) in [6.45, 7) is 4.53. The van der Waals surface area contributed by atoms with E-state index in [0.717, 1.165) is 9.75 Å². The Morgan fingerprint density at radius 2 is 2.19 bits per heavy atom. The summed E-state index contributed by atoms with van der Waals surface area (Å²) in [7, 11) is 0. The van der Waals surface area contributed by atoms with Gasteiger partial charge in [-0.2, -0.15) is 0 Å². The Morgan fingerprint density at radius 3 is 2.75 bits per heavy atom. The molecule has 1 aromatic heterocycles. The predicted octanol–water partition coefficient (Wildman–Crippen LogP) is 1.88. The summed E-state index contributed by atoms with van der Waals surface area (Å²) in [5, 5.41) is 11.9. The molecule has 4 heteroatoms. The van der Waals surface area contributed by atoms with Crippen LogP contribution in [0.2, 0.25) is 0 Å². The number of carboxylic acid groups (broad SMARTS) is 1. The van der Waals surface area contributed by atoms with Crippen LogP contribution in [0.1, 0.15) is 23.6 Å². The van der Waals surface area contributed by atoms with Crippen LogP contribution in [-0.2, 0) is 17.8 Å². The van der Waals surface area contributed by atoms with Crippen molar-refractivity contribution < 1.29 is 9.90 Å². The molecule has 0 bridgehead atoms. The lowest BCUT2D eigenvalue weighted by atomic mass is 10.1. The molecule has 2 N–H and O–H groups in total. The van der Waals surface area contributed by atoms with E-state index in [0.29, 0.717) is 6.54 Å². The van der Waals surface area contributed by atoms with Gasteiger partial charge in [-0.3, -0.25) is 10.1 Å². The third-order valence-electron chi connectivity index (χ3n) is 2.11. The number of aliphatic carboxylic acids is 1. The van der Waals surface area contributed by atoms with Crippen molar-refractivity contribution in [2.24, 2.45) is 0 Å². The van der Waals surface area contributed by atoms with Gasteiger partial charge in [0.2, 0.25) is 0 Å². The molecule has 1 rings (SSSR count). The molecule has 3 nitrogen and oxygen atoms in total. The Kier molecular flexibility index (Phi) is 4.11. The molecule has 1 aromatic rings. The summed E-state index contributed by atoms with van der Waals surface area (Å²) in [6, 6.07) is 3.78. The highest BCUT2D eigenvalue weighted by atomic mass is 32.1. The lowest BCUT2D eigenvalue weighted by Gasteiger charge is -2.18. The molecule has 0 aliphatic carbocycles. The number of hydrogen-bond acceptors (Lipinski definition) is 3. The standard InChI is InChI=1S/C12H15NO2S/c1-4-12(2,3)13-8-10-6-5-9(16-10)7-11(14)15/h1,5-6,13H,7-8H2,2-3H3,(H,14,15). The third kappa shape index (κ3) is 4.05. The van der Waals surface area contributed by atoms with E-state index >= 15 is 0 Å². The van der Waals surface area contributed by atoms with Gasteiger partial charge in [0.05, 0.1) is 12.0 Å². The van der Waals surface area contributed by atoms with Crippen molar-refractivity contribution in [2.45, 2.75) is 32.4 Å². The highest BCUT2D eigenvalue weighted by molar-refractivity contribution is 7.12. The van der Waals surface area contributed by atoms with E-state index in [1.807, 2.05) is 26.0 Å². The fourth-order valence-corrected chi connectivity index (χ4v) is 2.07. The van der Waals surface area contributed by atoms with Gasteiger partial charge >= 0.3 is 5.97 Å². The van der Waals surface area contributed by atoms with Gasteiger partial charge in [-0.15, -0.1) is 17.8 Å². The zero-order chi connectivity index (χ0) is 12.2. The van der Waals surface area contributed by atoms with Gasteiger partial charge in [0.15, 0.2) is 0 Å². The van der Waals surface area contributed by atoms with E-state index in [-0.39, 0.29) is 12.0 Å². The molecule has 16 heavy (non-hydrogen) atoms. The Bertz CT molecular complexity index is 415. The number of carboxylic acids is 1. The zero-order valence-electron chi connectivity index (χ0n) is 9.41. The Hall–Kier alpha value is -1.31. The van der Waals surface area contributed by atoms with Crippen LogP contribution < -0.4 is 5.32 Å². The fraction of sp³-hybridized carbons (Fsp3) is 0.417. The van der Waals surface area contributed by atoms with E-state index in [4.69, 9.17) is 11.5 Å². The molecule has 0 aliphatic heterocycles. The number of nitrogens with one attached hydrogen (secondary N) is 1. The van der Waals surface area contributed by atoms with Crippen LogP contribution in [0.15, 0.2) is 12.1 Å². The number of hydrogen-bond donors (Lipinski definition) is 2. The summed E-state index contributed by atoms with van der Waals surface area (Å²) < 4.78 is 0. The van der Waals surface area contributed by atoms with E-state index in [9.17, 15) is 4.79 Å². The largest absolute Gasteiger partial charge is 0.481 e. The van der Waals surface area contributed by atoms with Crippen LogP contribution in [-0.4, -0.2) is 16.6 Å². The van der Waals surface area contributed by atoms with Crippen molar-refractivity contribution in [3.8, 4) is 12.3 Å². The third-order valence-corrected chi connectivity index (χ3v) is 3.19. The van der Waals surface area contributed by atoms with Crippen molar-refractivity contribution in [3.63, 3.8) is 0 Å². The molecule has 1 heterocycles. The van der Waals surface area contributed by atoms with Gasteiger partial charge in [-0.25, -0.2) is 0 Å². The molecule has 0 unspecified atom stereocenters. The zero-order valence-corrected chi connectivity index (χ0v) is 10.2. The smallest absolute Gasteiger partial charge is 0.308 e. The molecular weight excluding hydrogens is 222 g/mol. The first-order valence-electron chi connectivity index (χ1n) is 4.95. The second-order valence-corrected chi connectivity index (χ2v) is 5.31. The van der Waals surface area contributed by atoms with Crippen LogP contribution in [0.25, 0.3) is 0 Å². The fourth-order valence-electron chi connectivity index (χ4n) is 1.12. The van der Waals surface area contributed by atoms with E-state index < -0.39 is 5.97 Å². The van der Waals surface area contributed by atoms with Crippen LogP contribution in [0, 0.1) is 12.3 Å². The first-order valence-corrected chi connectivity index (χ1v) is 5.77. The van der Waals surface area contributed by atoms with Gasteiger partial charge in [0.25, 0.3) is 0 Å². The molecule has 0 spiro atoms. The first-order chi connectivity index (χ1) is 7.43. The number of rotatable bonds is 5. The average molecular weight is 237 g/mol. The molecule has 0 fully saturated rings. The molecule has 0 saturated heterocycles. The van der Waals surface area contributed by atoms with Crippen LogP contribution in [0.5, 0.6) is 0 Å². The van der Waals surface area contributed by atoms with Crippen LogP contribution >= 0.6 is 11.3 Å². The quantitative estimate of drug-likeness (QED) is 0.769. The molecule has 0 radical (unpaired) electrons. The van der Waals surface area contributed by atoms with Gasteiger partial charge < -0.3 is 5.11 Å². The molecule has 0 atom stereocenters. The summed E-state index contributed by atoms with van der Waals surface area (Å²) in [4.78, 5) is 12.5. The van der Waals surface area contributed by atoms with Crippen molar-refractivity contribution in [2.75, 3.05) is 0 Å². The Labute approximate surface area is 99.5 Å². The number of thiophene rings is 1. The minimum absolute atomic E-state index is 0.0865. The molecule has 0 aromatic carbocycles. The van der Waals surface area contributed by atoms with Gasteiger partial charge in [0.1, 0.15) is 0 Å². The van der Waals surface area contributed by atoms with Crippen LogP contribution in [0.3, 0.4) is 0 Å². The SMILES string of the molecule is C#CC(C)(C)NCc1ccc(CC(=O)O)s1. The summed E-state index contributed by atoms with van der Waals surface area (Å²) >= 11 is 1.50. The summed E-state index contributed by atoms with van der Waals surface area (Å²) in [6.07, 6.45) is 5.44. The topological polar surface area (TPSA) is 49.3 Å². The number of terminal acetylenes is 1. The van der Waals surface area contributed by atoms with E-state index in [1.165, 1.54) is 11.3 Å². The highest BCUT2D eigenvalue weighted by Crippen LogP contribution is 2.17. The maximum absolute atomic E-state index is 10.5. The molecule has 0 aliphatic rings. The predicted molar refractivity (Wildman–Crippen MR) is 65.4 cm³/mol. The molecule has 0 saturated carbocycles. The monoisotopic (exact) mass is 237 g/mol. The summed E-state index contributed by atoms with van der Waals surface area (Å²) in [5.41, 5.74) is -0.336. The highest BCUT2D eigenvalue weighted by Gasteiger charge is 2.13. The maximum Gasteiger partial charge on any atom is 0.308 e. The van der Waals surface area contributed by atoms with Crippen molar-refractivity contribution in [3.05, 3.63) is 21.9 Å².